The first-order valence-electron chi connectivity index (χ1n) is 0.500. The molecule has 0 atom stereocenters. The van der Waals surface area contributed by atoms with Gasteiger partial charge >= 0.3 is 0 Å². The van der Waals surface area contributed by atoms with Crippen molar-refractivity contribution in [2.45, 2.75) is 0 Å². The maximum atomic E-state index is 3.00. The molecule has 0 rings (SSSR count). The molecule has 0 spiro atoms. The molecule has 0 aliphatic carbocycles. The van der Waals surface area contributed by atoms with E-state index in [1.165, 1.54) is 0 Å². The molecule has 0 amide bonds. The third kappa shape index (κ3) is 65.8. The standard InChI is InChI=1S/C2H4.3H3N/c1-2;;;/h1-2H2;3*1H3. The van der Waals surface area contributed by atoms with Crippen LogP contribution in [-0.4, -0.2) is 0 Å². The Balaban J connectivity index is -0.00000000167. The van der Waals surface area contributed by atoms with Gasteiger partial charge in [-0.25, -0.2) is 0 Å². The van der Waals surface area contributed by atoms with Crippen LogP contribution in [0.15, 0.2) is 13.2 Å². The van der Waals surface area contributed by atoms with Crippen molar-refractivity contribution in [3.8, 4) is 0 Å². The average Bonchev–Trinajstić information content (AvgIpc) is 1.00. The predicted octanol–water partition coefficient (Wildman–Crippen LogP) is 1.29. The van der Waals surface area contributed by atoms with Gasteiger partial charge in [-0.1, -0.05) is 0 Å². The Morgan fingerprint density at radius 3 is 0.600 bits per heavy atom. The zero-order valence-corrected chi connectivity index (χ0v) is 3.54. The van der Waals surface area contributed by atoms with Crippen LogP contribution in [0.25, 0.3) is 0 Å². The molecule has 0 fully saturated rings. The van der Waals surface area contributed by atoms with E-state index in [9.17, 15) is 0 Å². The highest BCUT2D eigenvalue weighted by Gasteiger charge is 0.601. The van der Waals surface area contributed by atoms with Gasteiger partial charge in [0, 0.05) is 0 Å². The van der Waals surface area contributed by atoms with Crippen molar-refractivity contribution in [1.82, 2.24) is 18.5 Å². The van der Waals surface area contributed by atoms with Gasteiger partial charge in [-0.15, -0.1) is 13.2 Å². The summed E-state index contributed by atoms with van der Waals surface area (Å²) in [6, 6.07) is 0. The van der Waals surface area contributed by atoms with Crippen LogP contribution in [0.5, 0.6) is 0 Å². The zero-order valence-electron chi connectivity index (χ0n) is 3.54. The molecule has 0 aromatic rings. The molecule has 9 N–H and O–H groups in total. The van der Waals surface area contributed by atoms with Gasteiger partial charge in [0.05, 0.1) is 0 Å². The van der Waals surface area contributed by atoms with E-state index in [0.29, 0.717) is 0 Å². The van der Waals surface area contributed by atoms with Crippen LogP contribution in [-0.2, 0) is 0 Å². The van der Waals surface area contributed by atoms with Gasteiger partial charge < -0.3 is 18.5 Å². The van der Waals surface area contributed by atoms with E-state index in [0.717, 1.165) is 0 Å². The summed E-state index contributed by atoms with van der Waals surface area (Å²) < 4.78 is 0. The summed E-state index contributed by atoms with van der Waals surface area (Å²) in [6.45, 7) is 6.00. The third-order valence-electron chi connectivity index (χ3n) is 0. The second-order valence-corrected chi connectivity index (χ2v) is 0. The van der Waals surface area contributed by atoms with E-state index in [1.807, 2.05) is 0 Å². The minimum Gasteiger partial charge on any atom is -0.344 e. The van der Waals surface area contributed by atoms with E-state index in [1.54, 1.807) is 0 Å². The first kappa shape index (κ1) is 157. The Labute approximate surface area is 32.8 Å². The van der Waals surface area contributed by atoms with Crippen molar-refractivity contribution in [1.29, 1.82) is 0 Å². The Morgan fingerprint density at radius 1 is 0.600 bits per heavy atom. The molecular weight excluding hydrogens is 66.0 g/mol. The van der Waals surface area contributed by atoms with Crippen molar-refractivity contribution in [2.75, 3.05) is 0 Å². The van der Waals surface area contributed by atoms with Crippen LogP contribution in [0.3, 0.4) is 0 Å². The van der Waals surface area contributed by atoms with Crippen molar-refractivity contribution >= 4 is 0 Å². The smallest absolute Gasteiger partial charge is 0.106 e. The molecule has 0 unspecified atom stereocenters. The van der Waals surface area contributed by atoms with Crippen molar-refractivity contribution in [3.05, 3.63) is 13.2 Å². The fourth-order valence-electron chi connectivity index (χ4n) is 0. The molecule has 0 heterocycles. The van der Waals surface area contributed by atoms with Gasteiger partial charge in [0.1, 0.15) is 0 Å². The second-order valence-electron chi connectivity index (χ2n) is 0. The van der Waals surface area contributed by atoms with E-state index in [2.05, 4.69) is 13.2 Å². The molecule has 0 bridgehead atoms. The first-order chi connectivity index (χ1) is 1.00. The lowest BCUT2D eigenvalue weighted by atomic mass is 11.3. The van der Waals surface area contributed by atoms with Crippen LogP contribution in [0, 0.1) is 0 Å². The topological polar surface area (TPSA) is 105 Å². The van der Waals surface area contributed by atoms with E-state index in [-0.39, 0.29) is 18.5 Å². The van der Waals surface area contributed by atoms with Crippen LogP contribution in [0.4, 0.5) is 0 Å². The van der Waals surface area contributed by atoms with Gasteiger partial charge in [0.2, 0.25) is 0 Å². The summed E-state index contributed by atoms with van der Waals surface area (Å²) in [5.41, 5.74) is 0. The molecule has 0 radical (unpaired) electrons. The highest BCUT2D eigenvalue weighted by atomic mass is 14.0. The number of hydrogen-bond donors (Lipinski definition) is 3. The van der Waals surface area contributed by atoms with Gasteiger partial charge in [-0.05, 0) is 0 Å². The van der Waals surface area contributed by atoms with Crippen molar-refractivity contribution < 1.29 is 0 Å². The molecule has 3 nitrogen and oxygen atoms in total. The summed E-state index contributed by atoms with van der Waals surface area (Å²) >= 11 is 0. The Hall–Kier alpha value is -0.380. The molecule has 5 heavy (non-hydrogen) atoms. The van der Waals surface area contributed by atoms with Crippen molar-refractivity contribution in [2.24, 2.45) is 0 Å². The molecular formula is C2H13N3. The average molecular weight is 79.1 g/mol. The van der Waals surface area contributed by atoms with Crippen molar-refractivity contribution in [3.63, 3.8) is 0 Å². The lowest BCUT2D eigenvalue weighted by Crippen LogP contribution is -0.552. The maximum absolute atomic E-state index is 3.00. The fraction of sp³-hybridized carbons (Fsp3) is 0. The summed E-state index contributed by atoms with van der Waals surface area (Å²) in [5.74, 6) is 0. The predicted molar refractivity (Wildman–Crippen MR) is 26.3 cm³/mol. The summed E-state index contributed by atoms with van der Waals surface area (Å²) in [4.78, 5) is 0. The maximum Gasteiger partial charge on any atom is -0.106 e. The van der Waals surface area contributed by atoms with E-state index >= 15 is 0 Å². The van der Waals surface area contributed by atoms with Gasteiger partial charge in [-0.3, -0.25) is 0 Å². The molecule has 0 saturated carbocycles. The van der Waals surface area contributed by atoms with Gasteiger partial charge in [0.25, 0.3) is 0 Å². The molecule has 36 valence electrons. The molecule has 0 aliphatic rings. The quantitative estimate of drug-likeness (QED) is 0.381. The third-order valence-corrected chi connectivity index (χ3v) is 0. The molecule has 0 aliphatic heterocycles. The molecule has 0 aromatic carbocycles. The van der Waals surface area contributed by atoms with Gasteiger partial charge in [0.15, 0.2) is 0 Å². The van der Waals surface area contributed by atoms with Gasteiger partial charge in [-0.2, -0.15) is 0 Å². The van der Waals surface area contributed by atoms with Crippen LogP contribution in [0.1, 0.15) is 0 Å². The lowest BCUT2D eigenvalue weighted by Gasteiger charge is -0.813. The summed E-state index contributed by atoms with van der Waals surface area (Å²) in [6.07, 6.45) is 0. The summed E-state index contributed by atoms with van der Waals surface area (Å²) in [5, 5.41) is 0. The second kappa shape index (κ2) is 172. The minimum atomic E-state index is 0. The fourth-order valence-corrected chi connectivity index (χ4v) is 0. The Bertz CT molecular complexity index is 4.85. The normalized spacial score (nSPS) is 0.800. The van der Waals surface area contributed by atoms with E-state index in [4.69, 9.17) is 0 Å². The zero-order chi connectivity index (χ0) is 2.00. The molecule has 0 saturated heterocycles. The van der Waals surface area contributed by atoms with Crippen LogP contribution in [0.2, 0.25) is 0 Å². The molecule has 0 aromatic heterocycles. The molecule has 3 heteroatoms. The lowest BCUT2D eigenvalue weighted by molar-refractivity contribution is 2.13. The Kier molecular flexibility index (Phi) is 5420. The van der Waals surface area contributed by atoms with E-state index < -0.39 is 0 Å². The largest absolute Gasteiger partial charge is 0.344 e. The number of hydrogen-bond acceptors (Lipinski definition) is 3. The highest BCUT2D eigenvalue weighted by molar-refractivity contribution is 4.22. The number of rotatable bonds is 0. The summed E-state index contributed by atoms with van der Waals surface area (Å²) in [7, 11) is 0. The Morgan fingerprint density at radius 2 is 0.600 bits per heavy atom. The van der Waals surface area contributed by atoms with Crippen LogP contribution >= 0.6 is 0 Å². The monoisotopic (exact) mass is 79.1 g/mol. The van der Waals surface area contributed by atoms with Crippen LogP contribution < -0.4 is 18.5 Å². The highest BCUT2D eigenvalue weighted by Crippen LogP contribution is 0.862. The first-order valence-corrected chi connectivity index (χ1v) is 0.500. The minimum absolute atomic E-state index is 0. The SMILES string of the molecule is C=C.N.N.N.